The zero-order valence-corrected chi connectivity index (χ0v) is 15.8. The van der Waals surface area contributed by atoms with E-state index in [0.29, 0.717) is 35.6 Å². The first-order valence-electron chi connectivity index (χ1n) is 8.18. The minimum absolute atomic E-state index is 0. The van der Waals surface area contributed by atoms with Gasteiger partial charge in [0.15, 0.2) is 0 Å². The molecule has 0 aliphatic rings. The number of azo groups is 1. The van der Waals surface area contributed by atoms with Gasteiger partial charge in [0.2, 0.25) is 5.88 Å². The van der Waals surface area contributed by atoms with Crippen LogP contribution in [-0.4, -0.2) is 67.8 Å². The van der Waals surface area contributed by atoms with E-state index in [1.165, 1.54) is 12.3 Å². The number of hydrogen-bond donors (Lipinski definition) is 2. The molecule has 0 aliphatic carbocycles. The van der Waals surface area contributed by atoms with E-state index in [-0.39, 0.29) is 45.8 Å². The number of nitrogens with zero attached hydrogens (tertiary/aromatic N) is 3. The Morgan fingerprint density at radius 3 is 2.45 bits per heavy atom. The van der Waals surface area contributed by atoms with Gasteiger partial charge in [-0.15, -0.1) is 10.2 Å². The summed E-state index contributed by atoms with van der Waals surface area (Å²) in [5, 5.41) is 8.82. The minimum atomic E-state index is -4.46. The fourth-order valence-electron chi connectivity index (χ4n) is 2.50. The fourth-order valence-corrected chi connectivity index (χ4v) is 3.22. The van der Waals surface area contributed by atoms with Crippen molar-refractivity contribution in [3.63, 3.8) is 0 Å². The van der Waals surface area contributed by atoms with Crippen LogP contribution in [0.2, 0.25) is 0 Å². The third kappa shape index (κ3) is 5.72. The Hall–Kier alpha value is -2.08. The topological polar surface area (TPSA) is 136 Å². The van der Waals surface area contributed by atoms with Gasteiger partial charge in [0, 0.05) is 23.9 Å². The van der Waals surface area contributed by atoms with Crippen molar-refractivity contribution in [2.24, 2.45) is 10.2 Å². The molecule has 1 heterocycles. The van der Waals surface area contributed by atoms with Crippen LogP contribution in [0.3, 0.4) is 0 Å². The molecule has 0 bridgehead atoms. The third-order valence-corrected chi connectivity index (χ3v) is 4.73. The number of anilines is 1. The van der Waals surface area contributed by atoms with Crippen molar-refractivity contribution in [3.05, 3.63) is 48.7 Å². The Labute approximate surface area is 190 Å². The second-order valence-electron chi connectivity index (χ2n) is 5.72. The monoisotopic (exact) mass is 426 g/mol. The predicted molar refractivity (Wildman–Crippen MR) is 111 cm³/mol. The normalized spacial score (nSPS) is 11.5. The Balaban J connectivity index is 0.00000300. The molecule has 1 aromatic heterocycles. The molecule has 0 radical (unpaired) electrons. The van der Waals surface area contributed by atoms with Crippen LogP contribution in [0, 0.1) is 0 Å². The summed E-state index contributed by atoms with van der Waals surface area (Å²) in [5.74, 6) is 0.412. The molecule has 29 heavy (non-hydrogen) atoms. The quantitative estimate of drug-likeness (QED) is 0.195. The summed E-state index contributed by atoms with van der Waals surface area (Å²) in [6.07, 6.45) is 1.45. The van der Waals surface area contributed by atoms with Gasteiger partial charge in [0.25, 0.3) is 10.1 Å². The number of nitrogen functional groups attached to an aromatic ring is 1. The molecule has 0 unspecified atom stereocenters. The molecule has 11 heteroatoms. The molecule has 0 fully saturated rings. The Kier molecular flexibility index (Phi) is 8.08. The molecule has 0 atom stereocenters. The Bertz CT molecular complexity index is 1120. The number of pyridine rings is 1. The molecular formula is C18H19N4NaO5S. The van der Waals surface area contributed by atoms with Gasteiger partial charge in [0.1, 0.15) is 22.9 Å². The van der Waals surface area contributed by atoms with Crippen LogP contribution in [0.15, 0.2) is 63.8 Å². The zero-order valence-electron chi connectivity index (χ0n) is 14.9. The van der Waals surface area contributed by atoms with Crippen LogP contribution in [0.5, 0.6) is 5.88 Å². The predicted octanol–water partition coefficient (Wildman–Crippen LogP) is 2.86. The van der Waals surface area contributed by atoms with E-state index in [4.69, 9.17) is 15.2 Å². The summed E-state index contributed by atoms with van der Waals surface area (Å²) >= 11 is 0. The SMILES string of the molecule is COCCOc1ccc(/N=N/c2cc(S(=O)(=O)O)c3ccccc3c2N)cn1.[NaH]. The molecule has 3 aromatic rings. The molecule has 0 aliphatic heterocycles. The number of nitrogens with two attached hydrogens (primary N) is 1. The number of ether oxygens (including phenoxy) is 2. The van der Waals surface area contributed by atoms with Gasteiger partial charge in [-0.2, -0.15) is 8.42 Å². The van der Waals surface area contributed by atoms with E-state index in [2.05, 4.69) is 15.2 Å². The number of aromatic nitrogens is 1. The zero-order chi connectivity index (χ0) is 20.1. The van der Waals surface area contributed by atoms with E-state index in [1.54, 1.807) is 43.5 Å². The molecule has 3 N–H and O–H groups in total. The van der Waals surface area contributed by atoms with Crippen molar-refractivity contribution in [3.8, 4) is 5.88 Å². The van der Waals surface area contributed by atoms with E-state index in [1.807, 2.05) is 0 Å². The summed E-state index contributed by atoms with van der Waals surface area (Å²) in [7, 11) is -2.89. The molecule has 9 nitrogen and oxygen atoms in total. The van der Waals surface area contributed by atoms with Crippen LogP contribution in [0.25, 0.3) is 10.8 Å². The third-order valence-electron chi connectivity index (χ3n) is 3.84. The second kappa shape index (κ2) is 10.1. The van der Waals surface area contributed by atoms with E-state index in [9.17, 15) is 13.0 Å². The van der Waals surface area contributed by atoms with E-state index < -0.39 is 10.1 Å². The summed E-state index contributed by atoms with van der Waals surface area (Å²) in [4.78, 5) is 3.81. The number of benzene rings is 2. The maximum atomic E-state index is 11.7. The molecular weight excluding hydrogens is 407 g/mol. The van der Waals surface area contributed by atoms with Gasteiger partial charge in [-0.25, -0.2) is 4.98 Å². The molecule has 3 rings (SSSR count). The molecule has 0 saturated carbocycles. The van der Waals surface area contributed by atoms with Gasteiger partial charge >= 0.3 is 29.6 Å². The Morgan fingerprint density at radius 2 is 1.83 bits per heavy atom. The number of rotatable bonds is 7. The molecule has 0 saturated heterocycles. The first-order valence-corrected chi connectivity index (χ1v) is 9.62. The van der Waals surface area contributed by atoms with Crippen molar-refractivity contribution in [1.82, 2.24) is 4.98 Å². The first kappa shape index (κ1) is 23.2. The average molecular weight is 426 g/mol. The first-order chi connectivity index (χ1) is 13.4. The van der Waals surface area contributed by atoms with Crippen molar-refractivity contribution in [2.45, 2.75) is 4.90 Å². The van der Waals surface area contributed by atoms with Crippen molar-refractivity contribution >= 4 is 67.5 Å². The Morgan fingerprint density at radius 1 is 1.10 bits per heavy atom. The summed E-state index contributed by atoms with van der Waals surface area (Å²) < 4.78 is 43.3. The number of fused-ring (bicyclic) bond motifs is 1. The molecule has 0 spiro atoms. The molecule has 148 valence electrons. The van der Waals surface area contributed by atoms with Gasteiger partial charge < -0.3 is 15.2 Å². The van der Waals surface area contributed by atoms with Crippen LogP contribution in [0.4, 0.5) is 17.1 Å². The molecule has 2 aromatic carbocycles. The number of hydrogen-bond acceptors (Lipinski definition) is 8. The van der Waals surface area contributed by atoms with E-state index in [0.717, 1.165) is 0 Å². The van der Waals surface area contributed by atoms with Crippen molar-refractivity contribution in [2.75, 3.05) is 26.1 Å². The van der Waals surface area contributed by atoms with Crippen LogP contribution in [-0.2, 0) is 14.9 Å². The average Bonchev–Trinajstić information content (AvgIpc) is 2.68. The van der Waals surface area contributed by atoms with Crippen LogP contribution < -0.4 is 10.5 Å². The molecule has 0 amide bonds. The standard InChI is InChI=1S/C18H18N4O5S.Na.H/c1-26-8-9-27-17-7-6-12(11-20-17)21-22-15-10-16(28(23,24)25)13-4-2-3-5-14(13)18(15)19;;/h2-7,10-11H,8-9,19H2,1H3,(H,23,24,25);;/b22-21+;;. The van der Waals surface area contributed by atoms with Crippen LogP contribution >= 0.6 is 0 Å². The van der Waals surface area contributed by atoms with Gasteiger partial charge in [-0.05, 0) is 12.1 Å². The van der Waals surface area contributed by atoms with Crippen molar-refractivity contribution < 1.29 is 22.4 Å². The maximum absolute atomic E-state index is 11.7. The van der Waals surface area contributed by atoms with Crippen molar-refractivity contribution in [1.29, 1.82) is 0 Å². The van der Waals surface area contributed by atoms with E-state index >= 15 is 0 Å². The van der Waals surface area contributed by atoms with Gasteiger partial charge in [-0.3, -0.25) is 4.55 Å². The summed E-state index contributed by atoms with van der Waals surface area (Å²) in [6.45, 7) is 0.816. The van der Waals surface area contributed by atoms with Gasteiger partial charge in [0.05, 0.1) is 18.5 Å². The van der Waals surface area contributed by atoms with Crippen LogP contribution in [0.1, 0.15) is 0 Å². The van der Waals surface area contributed by atoms with Gasteiger partial charge in [-0.1, -0.05) is 24.3 Å². The number of methoxy groups -OCH3 is 1. The second-order valence-corrected chi connectivity index (χ2v) is 7.11. The fraction of sp³-hybridized carbons (Fsp3) is 0.167. The summed E-state index contributed by atoms with van der Waals surface area (Å²) in [6, 6.07) is 11.0. The summed E-state index contributed by atoms with van der Waals surface area (Å²) in [5.41, 5.74) is 6.89.